The molecule has 20 heavy (non-hydrogen) atoms. The molecule has 0 aliphatic heterocycles. The maximum atomic E-state index is 11.7. The van der Waals surface area contributed by atoms with Crippen LogP contribution >= 0.6 is 55.0 Å². The van der Waals surface area contributed by atoms with Crippen LogP contribution in [-0.4, -0.2) is 29.0 Å². The molecule has 1 aromatic carbocycles. The number of amides is 1. The molecular formula is C11H9Br2N3O2S2. The first-order valence-corrected chi connectivity index (χ1v) is 8.96. The molecule has 2 rings (SSSR count). The van der Waals surface area contributed by atoms with E-state index in [1.165, 1.54) is 23.1 Å². The average Bonchev–Trinajstić information content (AvgIpc) is 2.85. The molecule has 1 N–H and O–H groups in total. The number of carbonyl (C=O) groups is 1. The maximum Gasteiger partial charge on any atom is 0.264 e. The number of rotatable bonds is 5. The lowest BCUT2D eigenvalue weighted by molar-refractivity contribution is -0.118. The van der Waals surface area contributed by atoms with E-state index < -0.39 is 0 Å². The van der Waals surface area contributed by atoms with E-state index in [1.54, 1.807) is 6.07 Å². The van der Waals surface area contributed by atoms with Gasteiger partial charge in [-0.1, -0.05) is 39.0 Å². The monoisotopic (exact) mass is 437 g/mol. The van der Waals surface area contributed by atoms with Crippen molar-refractivity contribution in [1.82, 2.24) is 10.2 Å². The number of benzene rings is 1. The number of anilines is 1. The van der Waals surface area contributed by atoms with E-state index in [0.29, 0.717) is 10.9 Å². The smallest absolute Gasteiger partial charge is 0.264 e. The predicted octanol–water partition coefficient (Wildman–Crippen LogP) is 3.80. The molecule has 0 aliphatic carbocycles. The third-order valence-corrected chi connectivity index (χ3v) is 5.01. The Morgan fingerprint density at radius 2 is 2.25 bits per heavy atom. The molecule has 2 aromatic rings. The van der Waals surface area contributed by atoms with Crippen molar-refractivity contribution in [1.29, 1.82) is 0 Å². The second-order valence-electron chi connectivity index (χ2n) is 3.49. The fraction of sp³-hybridized carbons (Fsp3) is 0.182. The molecule has 0 atom stereocenters. The number of halogens is 2. The van der Waals surface area contributed by atoms with Crippen LogP contribution in [0.3, 0.4) is 0 Å². The van der Waals surface area contributed by atoms with E-state index in [4.69, 9.17) is 4.74 Å². The molecule has 0 bridgehead atoms. The number of carbonyl (C=O) groups excluding carboxylic acids is 1. The van der Waals surface area contributed by atoms with Crippen molar-refractivity contribution in [2.75, 3.05) is 18.2 Å². The summed E-state index contributed by atoms with van der Waals surface area (Å²) < 4.78 is 7.94. The first-order chi connectivity index (χ1) is 9.58. The van der Waals surface area contributed by atoms with Gasteiger partial charge in [-0.05, 0) is 40.4 Å². The van der Waals surface area contributed by atoms with Crippen molar-refractivity contribution >= 4 is 66.0 Å². The zero-order chi connectivity index (χ0) is 14.5. The van der Waals surface area contributed by atoms with E-state index in [0.717, 1.165) is 13.3 Å². The Bertz CT molecular complexity index is 621. The zero-order valence-corrected chi connectivity index (χ0v) is 15.0. The summed E-state index contributed by atoms with van der Waals surface area (Å²) in [6, 6.07) is 5.47. The highest BCUT2D eigenvalue weighted by Gasteiger charge is 2.09. The fourth-order valence-electron chi connectivity index (χ4n) is 1.23. The summed E-state index contributed by atoms with van der Waals surface area (Å²) in [7, 11) is 0. The normalized spacial score (nSPS) is 10.3. The standard InChI is InChI=1S/C11H9Br2N3O2S2/c1-19-11-16-15-10(20-11)14-9(17)5-18-8-3-2-6(12)4-7(8)13/h2-4H,5H2,1H3,(H,14,15,17). The lowest BCUT2D eigenvalue weighted by atomic mass is 10.3. The minimum atomic E-state index is -0.274. The van der Waals surface area contributed by atoms with Crippen molar-refractivity contribution in [3.8, 4) is 5.75 Å². The quantitative estimate of drug-likeness (QED) is 0.568. The molecule has 106 valence electrons. The van der Waals surface area contributed by atoms with Gasteiger partial charge in [-0.15, -0.1) is 10.2 Å². The van der Waals surface area contributed by atoms with Gasteiger partial charge in [0.05, 0.1) is 4.47 Å². The van der Waals surface area contributed by atoms with Crippen LogP contribution in [-0.2, 0) is 4.79 Å². The first kappa shape index (κ1) is 15.7. The van der Waals surface area contributed by atoms with Gasteiger partial charge >= 0.3 is 0 Å². The minimum Gasteiger partial charge on any atom is -0.483 e. The molecule has 5 nitrogen and oxygen atoms in total. The summed E-state index contributed by atoms with van der Waals surface area (Å²) in [5, 5.41) is 10.9. The molecule has 1 amide bonds. The molecule has 1 aromatic heterocycles. The minimum absolute atomic E-state index is 0.0889. The van der Waals surface area contributed by atoms with Gasteiger partial charge in [-0.25, -0.2) is 0 Å². The Morgan fingerprint density at radius 3 is 2.90 bits per heavy atom. The van der Waals surface area contributed by atoms with Gasteiger partial charge in [0.2, 0.25) is 5.13 Å². The summed E-state index contributed by atoms with van der Waals surface area (Å²) in [5.74, 6) is 0.328. The molecular weight excluding hydrogens is 430 g/mol. The summed E-state index contributed by atoms with van der Waals surface area (Å²) in [5.41, 5.74) is 0. The Kier molecular flexibility index (Phi) is 5.82. The molecule has 0 spiro atoms. The molecule has 0 aliphatic rings. The van der Waals surface area contributed by atoms with Crippen molar-refractivity contribution < 1.29 is 9.53 Å². The number of thioether (sulfide) groups is 1. The zero-order valence-electron chi connectivity index (χ0n) is 10.2. The third-order valence-electron chi connectivity index (χ3n) is 2.08. The van der Waals surface area contributed by atoms with Crippen molar-refractivity contribution in [3.63, 3.8) is 0 Å². The highest BCUT2D eigenvalue weighted by Crippen LogP contribution is 2.28. The lowest BCUT2D eigenvalue weighted by Gasteiger charge is -2.07. The first-order valence-electron chi connectivity index (χ1n) is 5.33. The SMILES string of the molecule is CSc1nnc(NC(=O)COc2ccc(Br)cc2Br)s1. The van der Waals surface area contributed by atoms with Gasteiger partial charge in [0, 0.05) is 4.47 Å². The summed E-state index contributed by atoms with van der Waals surface area (Å²) in [4.78, 5) is 11.7. The van der Waals surface area contributed by atoms with Crippen LogP contribution in [0.5, 0.6) is 5.75 Å². The van der Waals surface area contributed by atoms with Crippen LogP contribution in [0.4, 0.5) is 5.13 Å². The van der Waals surface area contributed by atoms with Gasteiger partial charge in [-0.2, -0.15) is 0 Å². The summed E-state index contributed by atoms with van der Waals surface area (Å²) in [6.45, 7) is -0.0889. The summed E-state index contributed by atoms with van der Waals surface area (Å²) in [6.07, 6.45) is 1.90. The Labute approximate surface area is 140 Å². The molecule has 9 heteroatoms. The van der Waals surface area contributed by atoms with E-state index in [-0.39, 0.29) is 12.5 Å². The van der Waals surface area contributed by atoms with Gasteiger partial charge in [0.1, 0.15) is 5.75 Å². The van der Waals surface area contributed by atoms with E-state index in [9.17, 15) is 4.79 Å². The highest BCUT2D eigenvalue weighted by molar-refractivity contribution is 9.11. The molecule has 0 saturated carbocycles. The molecule has 0 fully saturated rings. The van der Waals surface area contributed by atoms with Gasteiger partial charge in [-0.3, -0.25) is 10.1 Å². The van der Waals surface area contributed by atoms with Crippen molar-refractivity contribution in [2.24, 2.45) is 0 Å². The van der Waals surface area contributed by atoms with Crippen LogP contribution in [0.2, 0.25) is 0 Å². The Morgan fingerprint density at radius 1 is 1.45 bits per heavy atom. The number of hydrogen-bond donors (Lipinski definition) is 1. The van der Waals surface area contributed by atoms with Gasteiger partial charge in [0.15, 0.2) is 10.9 Å². The average molecular weight is 439 g/mol. The second-order valence-corrected chi connectivity index (χ2v) is 7.29. The molecule has 0 unspecified atom stereocenters. The van der Waals surface area contributed by atoms with Crippen LogP contribution in [0.1, 0.15) is 0 Å². The van der Waals surface area contributed by atoms with E-state index in [1.807, 2.05) is 18.4 Å². The number of ether oxygens (including phenoxy) is 1. The third kappa shape index (κ3) is 4.44. The van der Waals surface area contributed by atoms with E-state index >= 15 is 0 Å². The number of hydrogen-bond acceptors (Lipinski definition) is 6. The Balaban J connectivity index is 1.88. The number of nitrogens with zero attached hydrogens (tertiary/aromatic N) is 2. The van der Waals surface area contributed by atoms with Gasteiger partial charge in [0.25, 0.3) is 5.91 Å². The predicted molar refractivity (Wildman–Crippen MR) is 87.7 cm³/mol. The molecule has 1 heterocycles. The highest BCUT2D eigenvalue weighted by atomic mass is 79.9. The van der Waals surface area contributed by atoms with Crippen LogP contribution in [0.15, 0.2) is 31.5 Å². The second kappa shape index (κ2) is 7.39. The van der Waals surface area contributed by atoms with Crippen LogP contribution < -0.4 is 10.1 Å². The van der Waals surface area contributed by atoms with Crippen molar-refractivity contribution in [3.05, 3.63) is 27.1 Å². The molecule has 0 radical (unpaired) electrons. The molecule has 0 saturated heterocycles. The van der Waals surface area contributed by atoms with Crippen LogP contribution in [0, 0.1) is 0 Å². The van der Waals surface area contributed by atoms with Crippen molar-refractivity contribution in [2.45, 2.75) is 4.34 Å². The fourth-order valence-corrected chi connectivity index (χ4v) is 3.58. The Hall–Kier alpha value is -0.640. The van der Waals surface area contributed by atoms with Gasteiger partial charge < -0.3 is 4.74 Å². The van der Waals surface area contributed by atoms with E-state index in [2.05, 4.69) is 47.4 Å². The lowest BCUT2D eigenvalue weighted by Crippen LogP contribution is -2.20. The number of nitrogens with one attached hydrogen (secondary N) is 1. The topological polar surface area (TPSA) is 64.1 Å². The number of aromatic nitrogens is 2. The maximum absolute atomic E-state index is 11.7. The summed E-state index contributed by atoms with van der Waals surface area (Å²) >= 11 is 9.52. The van der Waals surface area contributed by atoms with Crippen LogP contribution in [0.25, 0.3) is 0 Å². The largest absolute Gasteiger partial charge is 0.483 e.